The quantitative estimate of drug-likeness (QED) is 0.210. The summed E-state index contributed by atoms with van der Waals surface area (Å²) in [5.41, 5.74) is 5.50. The van der Waals surface area contributed by atoms with Gasteiger partial charge in [0.2, 0.25) is 0 Å². The van der Waals surface area contributed by atoms with Crippen molar-refractivity contribution in [1.29, 1.82) is 0 Å². The molecule has 2 saturated heterocycles. The Morgan fingerprint density at radius 1 is 1.10 bits per heavy atom. The van der Waals surface area contributed by atoms with E-state index in [0.717, 1.165) is 53.7 Å². The van der Waals surface area contributed by atoms with E-state index in [-0.39, 0.29) is 30.1 Å². The van der Waals surface area contributed by atoms with Gasteiger partial charge >= 0.3 is 0 Å². The van der Waals surface area contributed by atoms with Gasteiger partial charge in [0, 0.05) is 74.7 Å². The molecule has 0 radical (unpaired) electrons. The van der Waals surface area contributed by atoms with E-state index in [0.29, 0.717) is 72.4 Å². The van der Waals surface area contributed by atoms with Crippen molar-refractivity contribution in [3.8, 4) is 16.9 Å². The molecule has 270 valence electrons. The van der Waals surface area contributed by atoms with E-state index in [2.05, 4.69) is 53.0 Å². The predicted octanol–water partition coefficient (Wildman–Crippen LogP) is 6.35. The Bertz CT molecular complexity index is 1760. The van der Waals surface area contributed by atoms with Crippen molar-refractivity contribution in [2.75, 3.05) is 56.9 Å². The topological polar surface area (TPSA) is 113 Å². The van der Waals surface area contributed by atoms with Gasteiger partial charge in [-0.05, 0) is 95.2 Å². The summed E-state index contributed by atoms with van der Waals surface area (Å²) in [6, 6.07) is 10.4. The standard InChI is InChI=1S/C39H51ClN4O6/c1-8-44(28-11-15-49-16-12-28)32-21-29(27-9-10-31(33(20-27)43(6)24(2)3)39(23-45)13-17-50-18-14-39)36(40)35(26(32)5)38(47)41-22-30-34(48-7)19-25(4)42-37(30)46/h9-10,19-21,23-24,28H,8,11-18,22H2,1-7H3,(H,41,47)(H,42,46). The smallest absolute Gasteiger partial charge is 0.256 e. The van der Waals surface area contributed by atoms with Gasteiger partial charge in [0.1, 0.15) is 12.0 Å². The number of methoxy groups -OCH3 is 1. The zero-order valence-electron chi connectivity index (χ0n) is 30.4. The summed E-state index contributed by atoms with van der Waals surface area (Å²) in [5, 5.41) is 3.28. The van der Waals surface area contributed by atoms with Crippen LogP contribution >= 0.6 is 11.6 Å². The molecule has 0 unspecified atom stereocenters. The summed E-state index contributed by atoms with van der Waals surface area (Å²) >= 11 is 7.30. The van der Waals surface area contributed by atoms with Gasteiger partial charge in [-0.25, -0.2) is 0 Å². The number of H-pyrrole nitrogens is 1. The minimum Gasteiger partial charge on any atom is -0.496 e. The highest BCUT2D eigenvalue weighted by atomic mass is 35.5. The van der Waals surface area contributed by atoms with Crippen LogP contribution in [0.1, 0.15) is 79.2 Å². The van der Waals surface area contributed by atoms with Crippen LogP contribution in [0, 0.1) is 13.8 Å². The van der Waals surface area contributed by atoms with Crippen LogP contribution in [0.15, 0.2) is 35.1 Å². The van der Waals surface area contributed by atoms with Crippen LogP contribution in [0.3, 0.4) is 0 Å². The van der Waals surface area contributed by atoms with Gasteiger partial charge in [0.15, 0.2) is 0 Å². The third-order valence-electron chi connectivity index (χ3n) is 10.5. The number of anilines is 2. The van der Waals surface area contributed by atoms with Crippen molar-refractivity contribution in [3.63, 3.8) is 0 Å². The highest BCUT2D eigenvalue weighted by molar-refractivity contribution is 6.37. The predicted molar refractivity (Wildman–Crippen MR) is 199 cm³/mol. The lowest BCUT2D eigenvalue weighted by atomic mass is 9.74. The Kier molecular flexibility index (Phi) is 12.0. The average molecular weight is 707 g/mol. The number of hydrogen-bond donors (Lipinski definition) is 2. The van der Waals surface area contributed by atoms with Crippen molar-refractivity contribution in [2.24, 2.45) is 0 Å². The number of nitrogens with one attached hydrogen (secondary N) is 2. The molecule has 3 heterocycles. The van der Waals surface area contributed by atoms with Gasteiger partial charge in [0.05, 0.1) is 35.2 Å². The molecule has 11 heteroatoms. The van der Waals surface area contributed by atoms with E-state index in [1.807, 2.05) is 26.1 Å². The third kappa shape index (κ3) is 7.43. The number of carbonyl (C=O) groups is 2. The van der Waals surface area contributed by atoms with Crippen LogP contribution in [-0.2, 0) is 26.2 Å². The van der Waals surface area contributed by atoms with Crippen molar-refractivity contribution < 1.29 is 23.8 Å². The van der Waals surface area contributed by atoms with Crippen LogP contribution in [0.5, 0.6) is 5.75 Å². The number of benzene rings is 2. The Labute approximate surface area is 300 Å². The molecule has 1 aromatic heterocycles. The molecule has 0 saturated carbocycles. The van der Waals surface area contributed by atoms with Crippen LogP contribution in [0.4, 0.5) is 11.4 Å². The van der Waals surface area contributed by atoms with Crippen molar-refractivity contribution in [2.45, 2.75) is 84.3 Å². The molecular formula is C39H51ClN4O6. The van der Waals surface area contributed by atoms with Crippen LogP contribution < -0.4 is 25.4 Å². The summed E-state index contributed by atoms with van der Waals surface area (Å²) in [6.45, 7) is 13.2. The van der Waals surface area contributed by atoms with Gasteiger partial charge in [-0.2, -0.15) is 0 Å². The summed E-state index contributed by atoms with van der Waals surface area (Å²) in [4.78, 5) is 47.2. The Morgan fingerprint density at radius 2 is 1.78 bits per heavy atom. The molecule has 2 fully saturated rings. The Balaban J connectivity index is 1.67. The number of nitrogens with zero attached hydrogens (tertiary/aromatic N) is 2. The Hall–Kier alpha value is -3.86. The van der Waals surface area contributed by atoms with Gasteiger partial charge in [0.25, 0.3) is 11.5 Å². The molecule has 2 aliphatic heterocycles. The lowest BCUT2D eigenvalue weighted by molar-refractivity contribution is -0.115. The minimum atomic E-state index is -0.653. The maximum atomic E-state index is 14.2. The number of pyridine rings is 1. The maximum Gasteiger partial charge on any atom is 0.256 e. The monoisotopic (exact) mass is 706 g/mol. The van der Waals surface area contributed by atoms with E-state index in [1.165, 1.54) is 7.11 Å². The van der Waals surface area contributed by atoms with E-state index < -0.39 is 5.41 Å². The molecule has 10 nitrogen and oxygen atoms in total. The third-order valence-corrected chi connectivity index (χ3v) is 10.9. The highest BCUT2D eigenvalue weighted by Crippen LogP contribution is 2.44. The molecule has 3 aromatic rings. The average Bonchev–Trinajstić information content (AvgIpc) is 3.12. The number of rotatable bonds is 12. The van der Waals surface area contributed by atoms with Crippen LogP contribution in [0.25, 0.3) is 11.1 Å². The first-order valence-corrected chi connectivity index (χ1v) is 18.0. The number of amides is 1. The van der Waals surface area contributed by atoms with Crippen molar-refractivity contribution in [3.05, 3.63) is 73.7 Å². The number of aldehydes is 1. The molecule has 0 spiro atoms. The first-order chi connectivity index (χ1) is 24.0. The molecule has 2 N–H and O–H groups in total. The molecular weight excluding hydrogens is 656 g/mol. The lowest BCUT2D eigenvalue weighted by Crippen LogP contribution is -2.40. The van der Waals surface area contributed by atoms with Gasteiger partial charge in [-0.3, -0.25) is 9.59 Å². The van der Waals surface area contributed by atoms with E-state index in [1.54, 1.807) is 13.0 Å². The number of aryl methyl sites for hydroxylation is 1. The molecule has 50 heavy (non-hydrogen) atoms. The number of aromatic nitrogens is 1. The van der Waals surface area contributed by atoms with Crippen LogP contribution in [0.2, 0.25) is 5.02 Å². The fraction of sp³-hybridized carbons (Fsp3) is 0.513. The minimum absolute atomic E-state index is 0.0417. The number of ether oxygens (including phenoxy) is 3. The fourth-order valence-electron chi connectivity index (χ4n) is 7.31. The van der Waals surface area contributed by atoms with Gasteiger partial charge < -0.3 is 39.1 Å². The normalized spacial score (nSPS) is 16.3. The summed E-state index contributed by atoms with van der Waals surface area (Å²) < 4.78 is 16.8. The molecule has 0 bridgehead atoms. The summed E-state index contributed by atoms with van der Waals surface area (Å²) in [7, 11) is 3.54. The number of halogens is 1. The van der Waals surface area contributed by atoms with Gasteiger partial charge in [-0.15, -0.1) is 0 Å². The number of aromatic amines is 1. The maximum absolute atomic E-state index is 14.2. The first-order valence-electron chi connectivity index (χ1n) is 17.6. The summed E-state index contributed by atoms with van der Waals surface area (Å²) in [5.74, 6) is 0.0129. The fourth-order valence-corrected chi connectivity index (χ4v) is 7.70. The zero-order valence-corrected chi connectivity index (χ0v) is 31.2. The zero-order chi connectivity index (χ0) is 36.2. The molecule has 2 aromatic carbocycles. The lowest BCUT2D eigenvalue weighted by Gasteiger charge is -2.38. The summed E-state index contributed by atoms with van der Waals surface area (Å²) in [6.07, 6.45) is 4.05. The highest BCUT2D eigenvalue weighted by Gasteiger charge is 2.37. The Morgan fingerprint density at radius 3 is 2.40 bits per heavy atom. The molecule has 0 atom stereocenters. The molecule has 0 aliphatic carbocycles. The second-order valence-corrected chi connectivity index (χ2v) is 14.1. The number of hydrogen-bond acceptors (Lipinski definition) is 8. The molecule has 5 rings (SSSR count). The SMILES string of the molecule is CCN(c1cc(-c2ccc(C3(C=O)CCOCC3)c(N(C)C(C)C)c2)c(Cl)c(C(=O)NCc2c(OC)cc(C)[nH]c2=O)c1C)C1CCOCC1. The van der Waals surface area contributed by atoms with Gasteiger partial charge in [-0.1, -0.05) is 23.7 Å². The van der Waals surface area contributed by atoms with E-state index >= 15 is 0 Å². The second kappa shape index (κ2) is 16.0. The largest absolute Gasteiger partial charge is 0.496 e. The first kappa shape index (κ1) is 37.4. The molecule has 2 aliphatic rings. The van der Waals surface area contributed by atoms with E-state index in [9.17, 15) is 14.4 Å². The van der Waals surface area contributed by atoms with Crippen LogP contribution in [-0.4, -0.2) is 76.4 Å². The van der Waals surface area contributed by atoms with Crippen molar-refractivity contribution in [1.82, 2.24) is 10.3 Å². The second-order valence-electron chi connectivity index (χ2n) is 13.7. The molecule has 1 amide bonds. The van der Waals surface area contributed by atoms with E-state index in [4.69, 9.17) is 25.8 Å². The van der Waals surface area contributed by atoms with Crippen molar-refractivity contribution >= 4 is 35.2 Å². The number of carbonyl (C=O) groups excluding carboxylic acids is 2.